The van der Waals surface area contributed by atoms with Gasteiger partial charge in [-0.15, -0.1) is 0 Å². The van der Waals surface area contributed by atoms with Crippen LogP contribution in [-0.2, 0) is 9.59 Å². The van der Waals surface area contributed by atoms with E-state index in [1.807, 2.05) is 19.1 Å². The maximum Gasteiger partial charge on any atom is 0.238 e. The summed E-state index contributed by atoms with van der Waals surface area (Å²) in [4.78, 5) is 31.8. The van der Waals surface area contributed by atoms with E-state index >= 15 is 0 Å². The Kier molecular flexibility index (Phi) is 5.80. The van der Waals surface area contributed by atoms with Crippen molar-refractivity contribution >= 4 is 40.1 Å². The lowest BCUT2D eigenvalue weighted by Gasteiger charge is -2.31. The van der Waals surface area contributed by atoms with Crippen molar-refractivity contribution in [3.63, 3.8) is 0 Å². The lowest BCUT2D eigenvalue weighted by Crippen LogP contribution is -2.45. The average molecular weight is 427 g/mol. The molecule has 156 valence electrons. The van der Waals surface area contributed by atoms with E-state index < -0.39 is 5.25 Å². The molecule has 1 fully saturated rings. The monoisotopic (exact) mass is 427 g/mol. The largest absolute Gasteiger partial charge is 0.495 e. The molecule has 0 bridgehead atoms. The number of amides is 2. The van der Waals surface area contributed by atoms with Gasteiger partial charge in [-0.05, 0) is 31.2 Å². The van der Waals surface area contributed by atoms with E-state index in [4.69, 9.17) is 14.2 Å². The summed E-state index contributed by atoms with van der Waals surface area (Å²) >= 11 is 1.27. The number of anilines is 1. The smallest absolute Gasteiger partial charge is 0.238 e. The lowest BCUT2D eigenvalue weighted by molar-refractivity contribution is -0.129. The van der Waals surface area contributed by atoms with Crippen LogP contribution in [0.5, 0.6) is 17.2 Å². The lowest BCUT2D eigenvalue weighted by atomic mass is 10.2. The highest BCUT2D eigenvalue weighted by molar-refractivity contribution is 8.15. The Morgan fingerprint density at radius 1 is 1.27 bits per heavy atom. The number of benzene rings is 2. The molecule has 2 aromatic carbocycles. The number of carbonyl (C=O) groups excluding carboxylic acids is 2. The second-order valence-corrected chi connectivity index (χ2v) is 7.74. The van der Waals surface area contributed by atoms with Crippen molar-refractivity contribution in [1.29, 1.82) is 0 Å². The molecule has 0 unspecified atom stereocenters. The van der Waals surface area contributed by atoms with Gasteiger partial charge < -0.3 is 19.5 Å². The number of fused-ring (bicyclic) bond motifs is 1. The van der Waals surface area contributed by atoms with Crippen LogP contribution in [0.2, 0.25) is 0 Å². The number of rotatable bonds is 5. The summed E-state index contributed by atoms with van der Waals surface area (Å²) < 4.78 is 16.0. The fourth-order valence-corrected chi connectivity index (χ4v) is 4.34. The minimum absolute atomic E-state index is 0.0969. The molecule has 0 radical (unpaired) electrons. The van der Waals surface area contributed by atoms with Crippen LogP contribution in [0.15, 0.2) is 47.5 Å². The van der Waals surface area contributed by atoms with Gasteiger partial charge in [-0.2, -0.15) is 0 Å². The number of amidine groups is 1. The molecule has 2 amide bonds. The molecule has 9 heteroatoms. The Morgan fingerprint density at radius 3 is 2.87 bits per heavy atom. The number of nitrogens with one attached hydrogen (secondary N) is 1. The minimum atomic E-state index is -0.599. The van der Waals surface area contributed by atoms with Crippen LogP contribution in [0, 0.1) is 0 Å². The Balaban J connectivity index is 1.56. The number of ether oxygens (including phenoxy) is 3. The van der Waals surface area contributed by atoms with Crippen LogP contribution in [0.25, 0.3) is 0 Å². The average Bonchev–Trinajstić information content (AvgIpc) is 3.22. The maximum absolute atomic E-state index is 12.9. The molecule has 1 atom stereocenters. The second-order valence-electron chi connectivity index (χ2n) is 6.57. The zero-order valence-electron chi connectivity index (χ0n) is 16.6. The highest BCUT2D eigenvalue weighted by Crippen LogP contribution is 2.37. The molecule has 1 N–H and O–H groups in total. The van der Waals surface area contributed by atoms with Gasteiger partial charge in [0.2, 0.25) is 18.6 Å². The van der Waals surface area contributed by atoms with E-state index in [0.717, 1.165) is 0 Å². The highest BCUT2D eigenvalue weighted by Gasteiger charge is 2.35. The van der Waals surface area contributed by atoms with Gasteiger partial charge in [0.15, 0.2) is 16.7 Å². The molecule has 1 saturated heterocycles. The van der Waals surface area contributed by atoms with Crippen molar-refractivity contribution in [2.45, 2.75) is 18.6 Å². The predicted octanol–water partition coefficient (Wildman–Crippen LogP) is 3.40. The number of carbonyl (C=O) groups is 2. The molecule has 30 heavy (non-hydrogen) atoms. The van der Waals surface area contributed by atoms with Crippen LogP contribution in [0.3, 0.4) is 0 Å². The van der Waals surface area contributed by atoms with Crippen LogP contribution in [0.1, 0.15) is 13.3 Å². The van der Waals surface area contributed by atoms with Crippen molar-refractivity contribution in [2.75, 3.05) is 25.8 Å². The molecular formula is C21H21N3O5S. The van der Waals surface area contributed by atoms with Gasteiger partial charge in [-0.25, -0.2) is 4.99 Å². The van der Waals surface area contributed by atoms with Crippen molar-refractivity contribution in [1.82, 2.24) is 4.90 Å². The van der Waals surface area contributed by atoms with Crippen LogP contribution in [-0.4, -0.2) is 47.6 Å². The standard InChI is InChI=1S/C21H21N3O5S/c1-3-24-19(25)11-18(20(26)23-14-6-4-5-7-15(14)27-2)30-21(24)22-13-8-9-16-17(10-13)29-12-28-16/h4-10,18H,3,11-12H2,1-2H3,(H,23,26)/t18-/m0/s1. The number of hydrogen-bond donors (Lipinski definition) is 1. The fourth-order valence-electron chi connectivity index (χ4n) is 3.18. The predicted molar refractivity (Wildman–Crippen MR) is 115 cm³/mol. The minimum Gasteiger partial charge on any atom is -0.495 e. The number of aliphatic imine (C=N–C) groups is 1. The third-order valence-electron chi connectivity index (χ3n) is 4.69. The van der Waals surface area contributed by atoms with Gasteiger partial charge in [0.25, 0.3) is 0 Å². The van der Waals surface area contributed by atoms with E-state index in [0.29, 0.717) is 40.3 Å². The van der Waals surface area contributed by atoms with Gasteiger partial charge in [0.05, 0.1) is 18.5 Å². The molecule has 8 nitrogen and oxygen atoms in total. The number of thioether (sulfide) groups is 1. The van der Waals surface area contributed by atoms with Crippen molar-refractivity contribution < 1.29 is 23.8 Å². The maximum atomic E-state index is 12.9. The summed E-state index contributed by atoms with van der Waals surface area (Å²) in [6.45, 7) is 2.52. The number of hydrogen-bond acceptors (Lipinski definition) is 7. The molecule has 0 aromatic heterocycles. The topological polar surface area (TPSA) is 89.5 Å². The molecule has 2 aliphatic rings. The number of methoxy groups -OCH3 is 1. The first-order valence-corrected chi connectivity index (χ1v) is 10.4. The van der Waals surface area contributed by atoms with Crippen LogP contribution < -0.4 is 19.5 Å². The zero-order chi connectivity index (χ0) is 21.1. The van der Waals surface area contributed by atoms with Crippen molar-refractivity contribution in [3.8, 4) is 17.2 Å². The molecule has 0 spiro atoms. The normalized spacial score (nSPS) is 19.1. The molecule has 2 aromatic rings. The van der Waals surface area contributed by atoms with Gasteiger partial charge in [-0.1, -0.05) is 23.9 Å². The van der Waals surface area contributed by atoms with Gasteiger partial charge in [0, 0.05) is 19.0 Å². The zero-order valence-corrected chi connectivity index (χ0v) is 17.4. The van der Waals surface area contributed by atoms with Gasteiger partial charge >= 0.3 is 0 Å². The summed E-state index contributed by atoms with van der Waals surface area (Å²) in [6.07, 6.45) is 0.0969. The van der Waals surface area contributed by atoms with E-state index in [2.05, 4.69) is 10.3 Å². The van der Waals surface area contributed by atoms with Gasteiger partial charge in [-0.3, -0.25) is 14.5 Å². The van der Waals surface area contributed by atoms with E-state index in [-0.39, 0.29) is 25.0 Å². The fraction of sp³-hybridized carbons (Fsp3) is 0.286. The summed E-state index contributed by atoms with van der Waals surface area (Å²) in [5.41, 5.74) is 1.18. The van der Waals surface area contributed by atoms with E-state index in [1.54, 1.807) is 42.3 Å². The van der Waals surface area contributed by atoms with E-state index in [1.165, 1.54) is 11.8 Å². The molecule has 2 aliphatic heterocycles. The molecule has 0 saturated carbocycles. The Bertz CT molecular complexity index is 1010. The summed E-state index contributed by atoms with van der Waals surface area (Å²) in [7, 11) is 1.54. The van der Waals surface area contributed by atoms with Crippen molar-refractivity contribution in [3.05, 3.63) is 42.5 Å². The molecule has 4 rings (SSSR count). The van der Waals surface area contributed by atoms with Gasteiger partial charge in [0.1, 0.15) is 11.0 Å². The molecule has 0 aliphatic carbocycles. The highest BCUT2D eigenvalue weighted by atomic mass is 32.2. The van der Waals surface area contributed by atoms with Crippen molar-refractivity contribution in [2.24, 2.45) is 4.99 Å². The SMILES string of the molecule is CCN1C(=O)C[C@@H](C(=O)Nc2ccccc2OC)SC1=Nc1ccc2c(c1)OCO2. The third kappa shape index (κ3) is 4.06. The first-order valence-electron chi connectivity index (χ1n) is 9.48. The summed E-state index contributed by atoms with van der Waals surface area (Å²) in [6, 6.07) is 12.5. The quantitative estimate of drug-likeness (QED) is 0.787. The molecule has 2 heterocycles. The number of para-hydroxylation sites is 2. The Labute approximate surface area is 178 Å². The first-order chi connectivity index (χ1) is 14.6. The van der Waals surface area contributed by atoms with Crippen LogP contribution in [0.4, 0.5) is 11.4 Å². The number of nitrogens with zero attached hydrogens (tertiary/aromatic N) is 2. The first kappa shape index (κ1) is 20.1. The Hall–Kier alpha value is -3.20. The second kappa shape index (κ2) is 8.66. The summed E-state index contributed by atoms with van der Waals surface area (Å²) in [5, 5.41) is 2.74. The van der Waals surface area contributed by atoms with Crippen LogP contribution >= 0.6 is 11.8 Å². The molecular weight excluding hydrogens is 406 g/mol. The Morgan fingerprint density at radius 2 is 2.07 bits per heavy atom. The summed E-state index contributed by atoms with van der Waals surface area (Å²) in [5.74, 6) is 1.41. The third-order valence-corrected chi connectivity index (χ3v) is 5.88. The van der Waals surface area contributed by atoms with E-state index in [9.17, 15) is 9.59 Å².